The number of unbranched alkanes of at least 4 members (excludes halogenated alkanes) is 2. The molecule has 0 radical (unpaired) electrons. The van der Waals surface area contributed by atoms with Crippen molar-refractivity contribution < 1.29 is 4.79 Å². The summed E-state index contributed by atoms with van der Waals surface area (Å²) in [7, 11) is 2.12. The molecule has 1 saturated heterocycles. The van der Waals surface area contributed by atoms with Gasteiger partial charge in [0.25, 0.3) is 0 Å². The van der Waals surface area contributed by atoms with Gasteiger partial charge in [0.1, 0.15) is 0 Å². The van der Waals surface area contributed by atoms with Crippen LogP contribution in [0.3, 0.4) is 0 Å². The number of hydrogen-bond acceptors (Lipinski definition) is 3. The molecule has 1 aliphatic rings. The Kier molecular flexibility index (Phi) is 6.52. The number of rotatable bonds is 7. The third-order valence-electron chi connectivity index (χ3n) is 3.35. The van der Waals surface area contributed by atoms with Crippen LogP contribution in [0.25, 0.3) is 0 Å². The molecule has 2 unspecified atom stereocenters. The van der Waals surface area contributed by atoms with E-state index in [4.69, 9.17) is 0 Å². The van der Waals surface area contributed by atoms with E-state index in [1.807, 2.05) is 6.92 Å². The van der Waals surface area contributed by atoms with E-state index in [2.05, 4.69) is 29.5 Å². The molecule has 0 aromatic rings. The van der Waals surface area contributed by atoms with Gasteiger partial charge in [-0.3, -0.25) is 4.79 Å². The molecule has 1 fully saturated rings. The first kappa shape index (κ1) is 14.5. The van der Waals surface area contributed by atoms with Gasteiger partial charge in [0.15, 0.2) is 0 Å². The zero-order chi connectivity index (χ0) is 12.7. The highest BCUT2D eigenvalue weighted by Crippen LogP contribution is 2.06. The lowest BCUT2D eigenvalue weighted by molar-refractivity contribution is -0.122. The average molecular weight is 241 g/mol. The number of hydrogen-bond donors (Lipinski definition) is 2. The van der Waals surface area contributed by atoms with Crippen LogP contribution in [0.5, 0.6) is 0 Å². The summed E-state index contributed by atoms with van der Waals surface area (Å²) in [6.45, 7) is 7.11. The van der Waals surface area contributed by atoms with Gasteiger partial charge in [-0.15, -0.1) is 0 Å². The van der Waals surface area contributed by atoms with E-state index in [0.29, 0.717) is 6.04 Å². The normalized spacial score (nSPS) is 22.6. The van der Waals surface area contributed by atoms with Gasteiger partial charge in [-0.05, 0) is 33.4 Å². The number of likely N-dealkylation sites (tertiary alicyclic amines) is 1. The number of nitrogens with zero attached hydrogens (tertiary/aromatic N) is 1. The molecular formula is C13H27N3O. The maximum atomic E-state index is 11.8. The number of carbonyl (C=O) groups excluding carboxylic acids is 1. The van der Waals surface area contributed by atoms with Gasteiger partial charge < -0.3 is 15.5 Å². The minimum absolute atomic E-state index is 0.0758. The Balaban J connectivity index is 2.13. The van der Waals surface area contributed by atoms with E-state index < -0.39 is 0 Å². The predicted molar refractivity (Wildman–Crippen MR) is 71.0 cm³/mol. The molecular weight excluding hydrogens is 214 g/mol. The van der Waals surface area contributed by atoms with Crippen LogP contribution in [0.15, 0.2) is 0 Å². The van der Waals surface area contributed by atoms with E-state index in [0.717, 1.165) is 32.5 Å². The predicted octanol–water partition coefficient (Wildman–Crippen LogP) is 0.975. The third-order valence-corrected chi connectivity index (χ3v) is 3.35. The van der Waals surface area contributed by atoms with Crippen LogP contribution in [-0.4, -0.2) is 49.6 Å². The van der Waals surface area contributed by atoms with Crippen molar-refractivity contribution in [2.75, 3.05) is 26.7 Å². The molecule has 17 heavy (non-hydrogen) atoms. The van der Waals surface area contributed by atoms with Crippen LogP contribution in [-0.2, 0) is 4.79 Å². The summed E-state index contributed by atoms with van der Waals surface area (Å²) in [5, 5.41) is 6.38. The number of likely N-dealkylation sites (N-methyl/N-ethyl adjacent to an activating group) is 1. The van der Waals surface area contributed by atoms with Gasteiger partial charge >= 0.3 is 0 Å². The Labute approximate surface area is 105 Å². The first-order chi connectivity index (χ1) is 8.13. The smallest absolute Gasteiger partial charge is 0.236 e. The summed E-state index contributed by atoms with van der Waals surface area (Å²) >= 11 is 0. The highest BCUT2D eigenvalue weighted by Gasteiger charge is 2.23. The minimum atomic E-state index is -0.0758. The molecule has 0 spiro atoms. The highest BCUT2D eigenvalue weighted by atomic mass is 16.2. The first-order valence-electron chi connectivity index (χ1n) is 6.85. The second-order valence-electron chi connectivity index (χ2n) is 5.13. The van der Waals surface area contributed by atoms with E-state index in [9.17, 15) is 4.79 Å². The van der Waals surface area contributed by atoms with Crippen molar-refractivity contribution in [3.63, 3.8) is 0 Å². The molecule has 0 aromatic carbocycles. The average Bonchev–Trinajstić information content (AvgIpc) is 2.70. The molecule has 0 saturated carbocycles. The van der Waals surface area contributed by atoms with E-state index in [1.165, 1.54) is 12.8 Å². The third kappa shape index (κ3) is 5.50. The topological polar surface area (TPSA) is 44.4 Å². The van der Waals surface area contributed by atoms with Crippen molar-refractivity contribution in [3.05, 3.63) is 0 Å². The lowest BCUT2D eigenvalue weighted by Crippen LogP contribution is -2.47. The number of amides is 1. The monoisotopic (exact) mass is 241 g/mol. The maximum absolute atomic E-state index is 11.8. The molecule has 0 aliphatic carbocycles. The van der Waals surface area contributed by atoms with Crippen LogP contribution in [0.4, 0.5) is 0 Å². The minimum Gasteiger partial charge on any atom is -0.355 e. The van der Waals surface area contributed by atoms with Gasteiger partial charge in [-0.2, -0.15) is 0 Å². The summed E-state index contributed by atoms with van der Waals surface area (Å²) in [4.78, 5) is 14.1. The summed E-state index contributed by atoms with van der Waals surface area (Å²) in [5.74, 6) is 0.135. The Bertz CT molecular complexity index is 233. The zero-order valence-electron chi connectivity index (χ0n) is 11.5. The van der Waals surface area contributed by atoms with Crippen LogP contribution in [0, 0.1) is 0 Å². The molecule has 100 valence electrons. The SMILES string of the molecule is CCCCCNC(=O)C(C)NC1CCN(C)C1. The largest absolute Gasteiger partial charge is 0.355 e. The van der Waals surface area contributed by atoms with Crippen LogP contribution >= 0.6 is 0 Å². The molecule has 2 atom stereocenters. The van der Waals surface area contributed by atoms with Gasteiger partial charge in [0.2, 0.25) is 5.91 Å². The fourth-order valence-electron chi connectivity index (χ4n) is 2.24. The number of carbonyl (C=O) groups is 1. The summed E-state index contributed by atoms with van der Waals surface area (Å²) in [6.07, 6.45) is 4.61. The second kappa shape index (κ2) is 7.67. The van der Waals surface area contributed by atoms with Crippen molar-refractivity contribution in [2.45, 2.75) is 51.6 Å². The molecule has 2 N–H and O–H groups in total. The standard InChI is InChI=1S/C13H27N3O/c1-4-5-6-8-14-13(17)11(2)15-12-7-9-16(3)10-12/h11-12,15H,4-10H2,1-3H3,(H,14,17). The molecule has 1 rings (SSSR count). The molecule has 4 nitrogen and oxygen atoms in total. The van der Waals surface area contributed by atoms with Crippen LogP contribution < -0.4 is 10.6 Å². The Morgan fingerprint density at radius 2 is 2.24 bits per heavy atom. The fraction of sp³-hybridized carbons (Fsp3) is 0.923. The maximum Gasteiger partial charge on any atom is 0.236 e. The van der Waals surface area contributed by atoms with E-state index >= 15 is 0 Å². The second-order valence-corrected chi connectivity index (χ2v) is 5.13. The quantitative estimate of drug-likeness (QED) is 0.653. The van der Waals surface area contributed by atoms with Crippen molar-refractivity contribution in [1.82, 2.24) is 15.5 Å². The number of nitrogens with one attached hydrogen (secondary N) is 2. The lowest BCUT2D eigenvalue weighted by Gasteiger charge is -2.19. The fourth-order valence-corrected chi connectivity index (χ4v) is 2.24. The summed E-state index contributed by atoms with van der Waals surface area (Å²) < 4.78 is 0. The first-order valence-corrected chi connectivity index (χ1v) is 6.85. The van der Waals surface area contributed by atoms with Gasteiger partial charge in [-0.1, -0.05) is 19.8 Å². The Hall–Kier alpha value is -0.610. The summed E-state index contributed by atoms with van der Waals surface area (Å²) in [5.41, 5.74) is 0. The molecule has 1 heterocycles. The van der Waals surface area contributed by atoms with Crippen LogP contribution in [0.1, 0.15) is 39.5 Å². The van der Waals surface area contributed by atoms with E-state index in [1.54, 1.807) is 0 Å². The van der Waals surface area contributed by atoms with Crippen molar-refractivity contribution >= 4 is 5.91 Å². The van der Waals surface area contributed by atoms with Gasteiger partial charge in [0, 0.05) is 19.1 Å². The Morgan fingerprint density at radius 1 is 1.47 bits per heavy atom. The molecule has 1 aliphatic heterocycles. The molecule has 1 amide bonds. The summed E-state index contributed by atoms with van der Waals surface area (Å²) in [6, 6.07) is 0.393. The molecule has 0 aromatic heterocycles. The zero-order valence-corrected chi connectivity index (χ0v) is 11.5. The molecule has 4 heteroatoms. The van der Waals surface area contributed by atoms with Gasteiger partial charge in [-0.25, -0.2) is 0 Å². The van der Waals surface area contributed by atoms with Crippen molar-refractivity contribution in [2.24, 2.45) is 0 Å². The van der Waals surface area contributed by atoms with E-state index in [-0.39, 0.29) is 11.9 Å². The van der Waals surface area contributed by atoms with Crippen LogP contribution in [0.2, 0.25) is 0 Å². The van der Waals surface area contributed by atoms with Crippen molar-refractivity contribution in [1.29, 1.82) is 0 Å². The van der Waals surface area contributed by atoms with Crippen molar-refractivity contribution in [3.8, 4) is 0 Å². The van der Waals surface area contributed by atoms with Gasteiger partial charge in [0.05, 0.1) is 6.04 Å². The lowest BCUT2D eigenvalue weighted by atomic mass is 10.2. The molecule has 0 bridgehead atoms. The highest BCUT2D eigenvalue weighted by molar-refractivity contribution is 5.81. The Morgan fingerprint density at radius 3 is 2.82 bits per heavy atom.